The average Bonchev–Trinajstić information content (AvgIpc) is 3.55. The molecule has 8 rings (SSSR count). The van der Waals surface area contributed by atoms with Gasteiger partial charge in [-0.15, -0.1) is 0 Å². The molecule has 0 spiro atoms. The lowest BCUT2D eigenvalue weighted by atomic mass is 9.72. The molecule has 6 atom stereocenters. The van der Waals surface area contributed by atoms with Gasteiger partial charge in [-0.2, -0.15) is 0 Å². The van der Waals surface area contributed by atoms with Crippen LogP contribution in [-0.4, -0.2) is 111 Å². The molecule has 4 aliphatic rings. The monoisotopic (exact) mass is 880 g/mol. The van der Waals surface area contributed by atoms with E-state index in [4.69, 9.17) is 33.2 Å². The Morgan fingerprint density at radius 3 is 2.16 bits per heavy atom. The highest BCUT2D eigenvalue weighted by Crippen LogP contribution is 2.50. The number of para-hydroxylation sites is 1. The first kappa shape index (κ1) is 45.3. The lowest BCUT2D eigenvalue weighted by molar-refractivity contribution is -0.158. The van der Waals surface area contributed by atoms with Crippen LogP contribution >= 0.6 is 0 Å². The third-order valence-corrected chi connectivity index (χ3v) is 14.1. The Morgan fingerprint density at radius 1 is 0.828 bits per heavy atom. The van der Waals surface area contributed by atoms with Gasteiger partial charge in [0.25, 0.3) is 11.5 Å². The summed E-state index contributed by atoms with van der Waals surface area (Å²) in [6, 6.07) is 17.9. The number of piperidine rings is 1. The molecule has 1 aromatic heterocycles. The Kier molecular flexibility index (Phi) is 14.0. The minimum atomic E-state index is -0.827. The van der Waals surface area contributed by atoms with Gasteiger partial charge >= 0.3 is 0 Å². The van der Waals surface area contributed by atoms with Gasteiger partial charge in [-0.25, -0.2) is 4.68 Å². The topological polar surface area (TPSA) is 135 Å². The van der Waals surface area contributed by atoms with E-state index < -0.39 is 12.2 Å². The number of aromatic nitrogens is 2. The van der Waals surface area contributed by atoms with Gasteiger partial charge in [0.1, 0.15) is 0 Å². The Morgan fingerprint density at radius 2 is 1.48 bits per heavy atom. The van der Waals surface area contributed by atoms with Crippen molar-refractivity contribution in [2.24, 2.45) is 18.9 Å². The third-order valence-electron chi connectivity index (χ3n) is 14.1. The van der Waals surface area contributed by atoms with Gasteiger partial charge in [-0.05, 0) is 109 Å². The molecule has 0 aliphatic carbocycles. The number of carbonyl (C=O) groups is 1. The first-order valence-corrected chi connectivity index (χ1v) is 22.7. The van der Waals surface area contributed by atoms with Crippen LogP contribution in [0.15, 0.2) is 71.2 Å². The molecule has 0 bridgehead atoms. The molecule has 1 saturated heterocycles. The Bertz CT molecular complexity index is 2380. The van der Waals surface area contributed by atoms with Crippen LogP contribution in [0, 0.1) is 18.8 Å². The van der Waals surface area contributed by atoms with Crippen molar-refractivity contribution in [3.63, 3.8) is 0 Å². The summed E-state index contributed by atoms with van der Waals surface area (Å²) in [4.78, 5) is 34.4. The zero-order valence-corrected chi connectivity index (χ0v) is 38.3. The van der Waals surface area contributed by atoms with Crippen molar-refractivity contribution in [3.8, 4) is 28.7 Å². The molecule has 4 aromatic rings. The molecule has 5 heterocycles. The normalized spacial score (nSPS) is 23.0. The number of nitrogens with zero attached hydrogens (tertiary/aromatic N) is 4. The Labute approximate surface area is 376 Å². The summed E-state index contributed by atoms with van der Waals surface area (Å²) < 4.78 is 44.9. The van der Waals surface area contributed by atoms with E-state index in [0.29, 0.717) is 42.4 Å². The van der Waals surface area contributed by atoms with Crippen molar-refractivity contribution in [1.29, 1.82) is 0 Å². The van der Waals surface area contributed by atoms with E-state index >= 15 is 4.79 Å². The summed E-state index contributed by atoms with van der Waals surface area (Å²) in [6.07, 6.45) is 5.57. The number of amides is 1. The van der Waals surface area contributed by atoms with Crippen molar-refractivity contribution in [3.05, 3.63) is 110 Å². The molecular weight excluding hydrogens is 817 g/mol. The van der Waals surface area contributed by atoms with Crippen LogP contribution in [0.25, 0.3) is 5.69 Å². The number of fused-ring (bicyclic) bond motifs is 4. The molecule has 14 heteroatoms. The maximum atomic E-state index is 15.4. The Hall–Kier alpha value is -5.28. The second-order valence-corrected chi connectivity index (χ2v) is 17.3. The maximum Gasteiger partial charge on any atom is 0.289 e. The Balaban J connectivity index is 1.17. The van der Waals surface area contributed by atoms with Crippen LogP contribution in [0.2, 0.25) is 0 Å². The highest BCUT2D eigenvalue weighted by atomic mass is 16.7. The van der Waals surface area contributed by atoms with Crippen molar-refractivity contribution in [2.45, 2.75) is 76.7 Å². The van der Waals surface area contributed by atoms with Crippen LogP contribution < -0.4 is 24.5 Å². The summed E-state index contributed by atoms with van der Waals surface area (Å²) in [5.74, 6) is 2.88. The average molecular weight is 881 g/mol. The predicted molar refractivity (Wildman–Crippen MR) is 242 cm³/mol. The highest BCUT2D eigenvalue weighted by molar-refractivity contribution is 5.92. The van der Waals surface area contributed by atoms with Gasteiger partial charge in [-0.3, -0.25) is 19.2 Å². The van der Waals surface area contributed by atoms with Crippen LogP contribution in [0.4, 0.5) is 0 Å². The summed E-state index contributed by atoms with van der Waals surface area (Å²) in [7, 11) is 8.54. The molecule has 0 saturated carbocycles. The number of aliphatic hydroxyl groups excluding tert-OH is 1. The smallest absolute Gasteiger partial charge is 0.289 e. The number of allylic oxidation sites excluding steroid dienone is 1. The number of rotatable bonds is 16. The van der Waals surface area contributed by atoms with Crippen LogP contribution in [0.5, 0.6) is 23.0 Å². The number of hydrogen-bond donors (Lipinski definition) is 1. The third kappa shape index (κ3) is 8.77. The van der Waals surface area contributed by atoms with E-state index in [1.165, 1.54) is 11.1 Å². The van der Waals surface area contributed by atoms with Crippen molar-refractivity contribution >= 4 is 5.91 Å². The molecule has 3 aromatic carbocycles. The number of benzene rings is 3. The zero-order chi connectivity index (χ0) is 45.1. The number of aliphatic hydroxyl groups is 1. The second kappa shape index (κ2) is 19.9. The predicted octanol–water partition coefficient (Wildman–Crippen LogP) is 6.42. The highest BCUT2D eigenvalue weighted by Gasteiger charge is 2.44. The van der Waals surface area contributed by atoms with E-state index in [-0.39, 0.29) is 61.7 Å². The van der Waals surface area contributed by atoms with Gasteiger partial charge in [-0.1, -0.05) is 31.5 Å². The van der Waals surface area contributed by atoms with Gasteiger partial charge in [0.05, 0.1) is 66.6 Å². The number of ether oxygens (including phenoxy) is 7. The van der Waals surface area contributed by atoms with Crippen molar-refractivity contribution < 1.29 is 43.1 Å². The van der Waals surface area contributed by atoms with Gasteiger partial charge in [0.2, 0.25) is 6.29 Å². The van der Waals surface area contributed by atoms with E-state index in [2.05, 4.69) is 36.1 Å². The number of hydrogen-bond acceptors (Lipinski definition) is 11. The van der Waals surface area contributed by atoms with Crippen LogP contribution in [0.3, 0.4) is 0 Å². The molecular formula is C50H64N4O10. The number of carbonyl (C=O) groups excluding carboxylic acids is 1. The second-order valence-electron chi connectivity index (χ2n) is 17.3. The van der Waals surface area contributed by atoms with E-state index in [9.17, 15) is 9.90 Å². The fourth-order valence-corrected chi connectivity index (χ4v) is 10.7. The van der Waals surface area contributed by atoms with E-state index in [1.807, 2.05) is 60.0 Å². The van der Waals surface area contributed by atoms with Crippen LogP contribution in [0.1, 0.15) is 84.1 Å². The lowest BCUT2D eigenvalue weighted by Crippen LogP contribution is -2.48. The molecule has 4 aliphatic heterocycles. The number of methoxy groups -OCH3 is 4. The minimum Gasteiger partial charge on any atom is -0.493 e. The van der Waals surface area contributed by atoms with Gasteiger partial charge in [0, 0.05) is 56.3 Å². The lowest BCUT2D eigenvalue weighted by Gasteiger charge is -2.49. The van der Waals surface area contributed by atoms with Crippen LogP contribution in [-0.2, 0) is 38.9 Å². The van der Waals surface area contributed by atoms with E-state index in [0.717, 1.165) is 72.8 Å². The molecule has 1 fully saturated rings. The summed E-state index contributed by atoms with van der Waals surface area (Å²) in [6.45, 7) is 7.13. The molecule has 1 N–H and O–H groups in total. The molecule has 0 radical (unpaired) electrons. The summed E-state index contributed by atoms with van der Waals surface area (Å²) >= 11 is 0. The van der Waals surface area contributed by atoms with Crippen molar-refractivity contribution in [2.75, 3.05) is 74.5 Å². The molecule has 14 nitrogen and oxygen atoms in total. The molecule has 6 unspecified atom stereocenters. The van der Waals surface area contributed by atoms with E-state index in [1.54, 1.807) is 33.1 Å². The quantitative estimate of drug-likeness (QED) is 0.125. The maximum absolute atomic E-state index is 15.4. The molecule has 64 heavy (non-hydrogen) atoms. The minimum absolute atomic E-state index is 0.0980. The summed E-state index contributed by atoms with van der Waals surface area (Å²) in [5.41, 5.74) is 6.71. The molecule has 1 amide bonds. The standard InChI is InChI=1S/C50H64N4O10/c1-8-32-30-52-16-14-33-24-42(58-4)44(60-6)28-38(33)40(52)22-35(32)23-41-39-29-45(61-7)43(59-5)25-34(39)15-17-53(41)49(56)46-26-36(27-47(64-46)63-21-20-62-19-18-55)48-31(2)51(3)54(50(48)57)37-12-10-9-11-13-37/h9-13,24-26,28-29,32,35-36,40-41,47,55H,8,14-23,27,30H2,1-7H3. The zero-order valence-electron chi connectivity index (χ0n) is 38.3. The van der Waals surface area contributed by atoms with Gasteiger partial charge < -0.3 is 43.2 Å². The fourth-order valence-electron chi connectivity index (χ4n) is 10.7. The SMILES string of the molecule is CCC1CN2CCc3cc(OC)c(OC)cc3C2CC1CC1c2cc(OC)c(OC)cc2CCN1C(=O)C1=CC(c2c(C)n(C)n(-c3ccccc3)c2=O)CC(OCCOCCO)O1. The summed E-state index contributed by atoms with van der Waals surface area (Å²) in [5, 5.41) is 9.25. The first-order chi connectivity index (χ1) is 31.1. The largest absolute Gasteiger partial charge is 0.493 e. The fraction of sp³-hybridized carbons (Fsp3) is 0.520. The molecule has 344 valence electrons. The van der Waals surface area contributed by atoms with Crippen molar-refractivity contribution in [1.82, 2.24) is 19.2 Å². The first-order valence-electron chi connectivity index (χ1n) is 22.7. The van der Waals surface area contributed by atoms with Gasteiger partial charge in [0.15, 0.2) is 28.8 Å².